The molecule has 8 heavy (non-hydrogen) atoms. The van der Waals surface area contributed by atoms with E-state index in [1.54, 1.807) is 0 Å². The lowest BCUT2D eigenvalue weighted by atomic mass is 10.6. The first-order valence-electron chi connectivity index (χ1n) is 1.92. The highest BCUT2D eigenvalue weighted by Gasteiger charge is 2.00. The Morgan fingerprint density at radius 3 is 2.50 bits per heavy atom. The molecule has 0 atom stereocenters. The third-order valence-electron chi connectivity index (χ3n) is 0.567. The Hall–Kier alpha value is -1.26. The summed E-state index contributed by atoms with van der Waals surface area (Å²) in [6.45, 7) is 0. The molecule has 1 amide bonds. The molecule has 0 aliphatic rings. The van der Waals surface area contributed by atoms with Crippen molar-refractivity contribution in [2.45, 2.75) is 0 Å². The van der Waals surface area contributed by atoms with Crippen LogP contribution in [-0.4, -0.2) is 24.0 Å². The monoisotopic (exact) mass is 117 g/mol. The number of nitrogens with two attached hydrogens (primary N) is 1. The van der Waals surface area contributed by atoms with Gasteiger partial charge in [-0.05, 0) is 0 Å². The quantitative estimate of drug-likeness (QED) is 0.156. The molecule has 0 fully saturated rings. The van der Waals surface area contributed by atoms with E-state index in [1.807, 2.05) is 0 Å². The number of amidine groups is 1. The standard InChI is InChI=1S/C3H7N3O2/c1-5-3(7)2(4)6-8/h8H,1H3,(H2,4,6)(H,5,7). The molecular formula is C3H7N3O2. The van der Waals surface area contributed by atoms with Gasteiger partial charge in [0.1, 0.15) is 0 Å². The molecule has 4 N–H and O–H groups in total. The fraction of sp³-hybridized carbons (Fsp3) is 0.333. The highest BCUT2D eigenvalue weighted by molar-refractivity contribution is 6.36. The summed E-state index contributed by atoms with van der Waals surface area (Å²) < 4.78 is 0. The number of hydrogen-bond donors (Lipinski definition) is 3. The zero-order valence-electron chi connectivity index (χ0n) is 4.38. The highest BCUT2D eigenvalue weighted by Crippen LogP contribution is 1.62. The van der Waals surface area contributed by atoms with E-state index in [-0.39, 0.29) is 0 Å². The van der Waals surface area contributed by atoms with Crippen LogP contribution in [0.25, 0.3) is 0 Å². The number of oxime groups is 1. The van der Waals surface area contributed by atoms with Gasteiger partial charge >= 0.3 is 0 Å². The molecule has 0 aromatic rings. The van der Waals surface area contributed by atoms with E-state index < -0.39 is 11.7 Å². The maximum absolute atomic E-state index is 10.2. The van der Waals surface area contributed by atoms with Gasteiger partial charge in [0.2, 0.25) is 5.84 Å². The highest BCUT2D eigenvalue weighted by atomic mass is 16.4. The number of nitrogens with one attached hydrogen (secondary N) is 1. The summed E-state index contributed by atoms with van der Waals surface area (Å²) in [5, 5.41) is 12.4. The van der Waals surface area contributed by atoms with Crippen molar-refractivity contribution >= 4 is 11.7 Å². The maximum Gasteiger partial charge on any atom is 0.289 e. The van der Waals surface area contributed by atoms with Gasteiger partial charge in [-0.15, -0.1) is 0 Å². The normalized spacial score (nSPS) is 10.9. The first-order chi connectivity index (χ1) is 3.72. The lowest BCUT2D eigenvalue weighted by Gasteiger charge is -1.91. The van der Waals surface area contributed by atoms with E-state index in [1.165, 1.54) is 7.05 Å². The van der Waals surface area contributed by atoms with Crippen molar-refractivity contribution in [3.63, 3.8) is 0 Å². The summed E-state index contributed by atoms with van der Waals surface area (Å²) in [7, 11) is 1.39. The summed E-state index contributed by atoms with van der Waals surface area (Å²) in [4.78, 5) is 10.2. The molecule has 0 unspecified atom stereocenters. The number of carbonyl (C=O) groups is 1. The number of amides is 1. The van der Waals surface area contributed by atoms with Crippen LogP contribution in [0.4, 0.5) is 0 Å². The van der Waals surface area contributed by atoms with Crippen molar-refractivity contribution in [3.8, 4) is 0 Å². The zero-order chi connectivity index (χ0) is 6.57. The minimum Gasteiger partial charge on any atom is -0.409 e. The number of carbonyl (C=O) groups excluding carboxylic acids is 1. The van der Waals surface area contributed by atoms with Crippen LogP contribution in [0, 0.1) is 0 Å². The van der Waals surface area contributed by atoms with E-state index in [2.05, 4.69) is 10.5 Å². The third kappa shape index (κ3) is 1.46. The molecule has 0 saturated heterocycles. The summed E-state index contributed by atoms with van der Waals surface area (Å²) in [6, 6.07) is 0. The number of nitrogens with zero attached hydrogens (tertiary/aromatic N) is 1. The van der Waals surface area contributed by atoms with Gasteiger partial charge in [0.05, 0.1) is 0 Å². The predicted octanol–water partition coefficient (Wildman–Crippen LogP) is -1.52. The number of rotatable bonds is 0. The van der Waals surface area contributed by atoms with Crippen LogP contribution in [0.2, 0.25) is 0 Å². The molecule has 0 aromatic heterocycles. The molecule has 0 aliphatic heterocycles. The Morgan fingerprint density at radius 1 is 1.88 bits per heavy atom. The van der Waals surface area contributed by atoms with E-state index in [9.17, 15) is 4.79 Å². The Balaban J connectivity index is 3.83. The predicted molar refractivity (Wildman–Crippen MR) is 27.5 cm³/mol. The van der Waals surface area contributed by atoms with Crippen molar-refractivity contribution in [3.05, 3.63) is 0 Å². The second-order valence-corrected chi connectivity index (χ2v) is 1.06. The molecule has 0 heterocycles. The fourth-order valence-corrected chi connectivity index (χ4v) is 0.173. The average Bonchev–Trinajstić information content (AvgIpc) is 1.84. The van der Waals surface area contributed by atoms with Crippen molar-refractivity contribution in [1.82, 2.24) is 5.32 Å². The molecule has 5 nitrogen and oxygen atoms in total. The SMILES string of the molecule is CNC(=O)/C(N)=N/O. The molecular weight excluding hydrogens is 110 g/mol. The Labute approximate surface area is 46.2 Å². The number of hydrogen-bond acceptors (Lipinski definition) is 3. The minimum absolute atomic E-state index is 0.437. The largest absolute Gasteiger partial charge is 0.409 e. The second kappa shape index (κ2) is 2.84. The minimum atomic E-state index is -0.590. The van der Waals surface area contributed by atoms with Gasteiger partial charge in [0.15, 0.2) is 0 Å². The van der Waals surface area contributed by atoms with E-state index in [4.69, 9.17) is 10.9 Å². The number of likely N-dealkylation sites (N-methyl/N-ethyl adjacent to an activating group) is 1. The molecule has 0 saturated carbocycles. The summed E-state index contributed by atoms with van der Waals surface area (Å²) >= 11 is 0. The van der Waals surface area contributed by atoms with Crippen LogP contribution in [0.3, 0.4) is 0 Å². The average molecular weight is 117 g/mol. The van der Waals surface area contributed by atoms with Gasteiger partial charge in [0.25, 0.3) is 5.91 Å². The topological polar surface area (TPSA) is 87.7 Å². The van der Waals surface area contributed by atoms with E-state index in [0.717, 1.165) is 0 Å². The molecule has 0 bridgehead atoms. The first-order valence-corrected chi connectivity index (χ1v) is 1.92. The molecule has 0 rings (SSSR count). The van der Waals surface area contributed by atoms with Crippen LogP contribution in [0.1, 0.15) is 0 Å². The van der Waals surface area contributed by atoms with Crippen LogP contribution in [0.5, 0.6) is 0 Å². The van der Waals surface area contributed by atoms with Crippen LogP contribution >= 0.6 is 0 Å². The summed E-state index contributed by atoms with van der Waals surface area (Å²) in [5.74, 6) is -1.03. The second-order valence-electron chi connectivity index (χ2n) is 1.06. The lowest BCUT2D eigenvalue weighted by molar-refractivity contribution is -0.114. The fourth-order valence-electron chi connectivity index (χ4n) is 0.173. The van der Waals surface area contributed by atoms with E-state index in [0.29, 0.717) is 0 Å². The van der Waals surface area contributed by atoms with Crippen LogP contribution in [-0.2, 0) is 4.79 Å². The van der Waals surface area contributed by atoms with Gasteiger partial charge in [-0.2, -0.15) is 0 Å². The van der Waals surface area contributed by atoms with Gasteiger partial charge in [0, 0.05) is 7.05 Å². The third-order valence-corrected chi connectivity index (χ3v) is 0.567. The van der Waals surface area contributed by atoms with Gasteiger partial charge in [-0.3, -0.25) is 4.79 Å². The van der Waals surface area contributed by atoms with Gasteiger partial charge in [-0.1, -0.05) is 5.16 Å². The van der Waals surface area contributed by atoms with Gasteiger partial charge in [-0.25, -0.2) is 0 Å². The Morgan fingerprint density at radius 2 is 2.38 bits per heavy atom. The molecule has 5 heteroatoms. The maximum atomic E-state index is 10.2. The van der Waals surface area contributed by atoms with Crippen molar-refractivity contribution in [2.75, 3.05) is 7.05 Å². The molecule has 0 aromatic carbocycles. The van der Waals surface area contributed by atoms with Crippen molar-refractivity contribution < 1.29 is 10.0 Å². The summed E-state index contributed by atoms with van der Waals surface area (Å²) in [5.41, 5.74) is 4.81. The Bertz CT molecular complexity index is 120. The van der Waals surface area contributed by atoms with Crippen molar-refractivity contribution in [2.24, 2.45) is 10.9 Å². The zero-order valence-corrected chi connectivity index (χ0v) is 4.38. The van der Waals surface area contributed by atoms with Crippen molar-refractivity contribution in [1.29, 1.82) is 0 Å². The van der Waals surface area contributed by atoms with Crippen LogP contribution < -0.4 is 11.1 Å². The summed E-state index contributed by atoms with van der Waals surface area (Å²) in [6.07, 6.45) is 0. The molecule has 0 aliphatic carbocycles. The van der Waals surface area contributed by atoms with E-state index >= 15 is 0 Å². The first kappa shape index (κ1) is 6.74. The lowest BCUT2D eigenvalue weighted by Crippen LogP contribution is -2.33. The molecule has 0 radical (unpaired) electrons. The van der Waals surface area contributed by atoms with Crippen LogP contribution in [0.15, 0.2) is 5.16 Å². The smallest absolute Gasteiger partial charge is 0.289 e. The van der Waals surface area contributed by atoms with Gasteiger partial charge < -0.3 is 16.3 Å². The molecule has 0 spiro atoms. The Kier molecular flexibility index (Phi) is 2.39. The molecule has 46 valence electrons.